The van der Waals surface area contributed by atoms with E-state index < -0.39 is 17.7 Å². The molecular formula is C28H31ClN4O3S. The van der Waals surface area contributed by atoms with Gasteiger partial charge in [0, 0.05) is 54.0 Å². The molecule has 1 aliphatic heterocycles. The van der Waals surface area contributed by atoms with Crippen LogP contribution in [0.1, 0.15) is 55.0 Å². The molecule has 0 unspecified atom stereocenters. The van der Waals surface area contributed by atoms with E-state index >= 15 is 0 Å². The first-order valence-electron chi connectivity index (χ1n) is 12.3. The van der Waals surface area contributed by atoms with Crippen molar-refractivity contribution < 1.29 is 14.6 Å². The van der Waals surface area contributed by atoms with Crippen LogP contribution in [0.25, 0.3) is 21.3 Å². The molecule has 0 saturated carbocycles. The number of carboxylic acids is 1. The zero-order valence-corrected chi connectivity index (χ0v) is 23.5. The van der Waals surface area contributed by atoms with E-state index in [-0.39, 0.29) is 0 Å². The van der Waals surface area contributed by atoms with Gasteiger partial charge >= 0.3 is 5.97 Å². The molecule has 7 nitrogen and oxygen atoms in total. The van der Waals surface area contributed by atoms with Crippen LogP contribution in [0.15, 0.2) is 30.3 Å². The van der Waals surface area contributed by atoms with Gasteiger partial charge in [0.1, 0.15) is 0 Å². The highest BCUT2D eigenvalue weighted by Crippen LogP contribution is 2.44. The molecule has 2 aromatic heterocycles. The first-order chi connectivity index (χ1) is 17.4. The SMILES string of the molecule is Cc1cc2nc(N3CCc4c(c(C)nn4C)C3)sc2c(-c2ccc(Cl)cc2)c1[C@H](OC(C)(C)C)C(=O)O. The molecule has 0 aliphatic carbocycles. The molecule has 5 rings (SSSR count). The number of hydrogen-bond acceptors (Lipinski definition) is 6. The summed E-state index contributed by atoms with van der Waals surface area (Å²) < 4.78 is 9.04. The average molecular weight is 539 g/mol. The molecule has 0 fully saturated rings. The molecule has 0 radical (unpaired) electrons. The van der Waals surface area contributed by atoms with E-state index in [9.17, 15) is 9.90 Å². The Bertz CT molecular complexity index is 1500. The summed E-state index contributed by atoms with van der Waals surface area (Å²) in [6.45, 7) is 11.2. The summed E-state index contributed by atoms with van der Waals surface area (Å²) in [6.07, 6.45) is -0.228. The van der Waals surface area contributed by atoms with Crippen LogP contribution in [0.5, 0.6) is 0 Å². The largest absolute Gasteiger partial charge is 0.479 e. The summed E-state index contributed by atoms with van der Waals surface area (Å²) in [5.41, 5.74) is 6.98. The first-order valence-corrected chi connectivity index (χ1v) is 13.5. The Balaban J connectivity index is 1.69. The third kappa shape index (κ3) is 4.85. The van der Waals surface area contributed by atoms with Crippen LogP contribution in [0.3, 0.4) is 0 Å². The van der Waals surface area contributed by atoms with Crippen LogP contribution in [-0.4, -0.2) is 38.0 Å². The minimum atomic E-state index is -1.13. The lowest BCUT2D eigenvalue weighted by Gasteiger charge is -2.28. The Labute approximate surface area is 225 Å². The van der Waals surface area contributed by atoms with Crippen LogP contribution < -0.4 is 4.90 Å². The van der Waals surface area contributed by atoms with E-state index in [1.54, 1.807) is 11.3 Å². The molecule has 0 saturated heterocycles. The number of nitrogens with zero attached hydrogens (tertiary/aromatic N) is 4. The van der Waals surface area contributed by atoms with Crippen molar-refractivity contribution in [2.24, 2.45) is 7.05 Å². The van der Waals surface area contributed by atoms with Gasteiger partial charge in [-0.1, -0.05) is 35.1 Å². The number of aromatic nitrogens is 3. The van der Waals surface area contributed by atoms with Gasteiger partial charge in [0.05, 0.1) is 21.5 Å². The number of halogens is 1. The fourth-order valence-corrected chi connectivity index (χ4v) is 6.38. The molecule has 9 heteroatoms. The second-order valence-corrected chi connectivity index (χ2v) is 12.0. The molecule has 1 N–H and O–H groups in total. The topological polar surface area (TPSA) is 80.5 Å². The number of benzene rings is 2. The van der Waals surface area contributed by atoms with Crippen LogP contribution >= 0.6 is 22.9 Å². The van der Waals surface area contributed by atoms with E-state index in [0.717, 1.165) is 57.2 Å². The fraction of sp³-hybridized carbons (Fsp3) is 0.393. The highest BCUT2D eigenvalue weighted by Gasteiger charge is 2.33. The molecule has 1 atom stereocenters. The zero-order valence-electron chi connectivity index (χ0n) is 21.9. The normalized spacial score (nSPS) is 14.7. The summed E-state index contributed by atoms with van der Waals surface area (Å²) in [6, 6.07) is 9.50. The van der Waals surface area contributed by atoms with Gasteiger partial charge in [-0.2, -0.15) is 5.10 Å². The predicted octanol–water partition coefficient (Wildman–Crippen LogP) is 6.47. The Kier molecular flexibility index (Phi) is 6.54. The van der Waals surface area contributed by atoms with Gasteiger partial charge in [0.25, 0.3) is 0 Å². The van der Waals surface area contributed by atoms with Gasteiger partial charge in [-0.15, -0.1) is 0 Å². The van der Waals surface area contributed by atoms with Gasteiger partial charge in [-0.3, -0.25) is 4.68 Å². The smallest absolute Gasteiger partial charge is 0.337 e. The number of anilines is 1. The lowest BCUT2D eigenvalue weighted by Crippen LogP contribution is -2.30. The first kappa shape index (κ1) is 25.7. The van der Waals surface area contributed by atoms with Gasteiger partial charge < -0.3 is 14.7 Å². The number of hydrogen-bond donors (Lipinski definition) is 1. The minimum Gasteiger partial charge on any atom is -0.479 e. The quantitative estimate of drug-likeness (QED) is 0.313. The van der Waals surface area contributed by atoms with Crippen molar-refractivity contribution in [1.82, 2.24) is 14.8 Å². The lowest BCUT2D eigenvalue weighted by atomic mass is 9.91. The predicted molar refractivity (Wildman–Crippen MR) is 149 cm³/mol. The number of ether oxygens (including phenoxy) is 1. The van der Waals surface area contributed by atoms with Crippen molar-refractivity contribution in [3.63, 3.8) is 0 Å². The van der Waals surface area contributed by atoms with Crippen molar-refractivity contribution in [1.29, 1.82) is 0 Å². The molecule has 0 amide bonds. The Morgan fingerprint density at radius 1 is 1.22 bits per heavy atom. The van der Waals surface area contributed by atoms with E-state index in [4.69, 9.17) is 21.3 Å². The third-order valence-electron chi connectivity index (χ3n) is 6.72. The van der Waals surface area contributed by atoms with Crippen LogP contribution in [-0.2, 0) is 29.5 Å². The molecule has 1 aliphatic rings. The third-order valence-corrected chi connectivity index (χ3v) is 8.12. The zero-order chi connectivity index (χ0) is 26.6. The van der Waals surface area contributed by atoms with E-state index in [1.165, 1.54) is 11.3 Å². The number of carbonyl (C=O) groups is 1. The number of rotatable bonds is 5. The van der Waals surface area contributed by atoms with Crippen molar-refractivity contribution in [2.75, 3.05) is 11.4 Å². The molecule has 37 heavy (non-hydrogen) atoms. The minimum absolute atomic E-state index is 0.621. The van der Waals surface area contributed by atoms with Crippen LogP contribution in [0.4, 0.5) is 5.13 Å². The van der Waals surface area contributed by atoms with E-state index in [1.807, 2.05) is 69.8 Å². The van der Waals surface area contributed by atoms with E-state index in [2.05, 4.69) is 16.9 Å². The molecule has 0 spiro atoms. The number of fused-ring (bicyclic) bond motifs is 2. The summed E-state index contributed by atoms with van der Waals surface area (Å²) in [7, 11) is 2.00. The lowest BCUT2D eigenvalue weighted by molar-refractivity contribution is -0.160. The second kappa shape index (κ2) is 9.42. The number of carboxylic acid groups (broad SMARTS) is 1. The van der Waals surface area contributed by atoms with Gasteiger partial charge in [0.2, 0.25) is 0 Å². The van der Waals surface area contributed by atoms with Gasteiger partial charge in [0.15, 0.2) is 11.2 Å². The maximum Gasteiger partial charge on any atom is 0.337 e. The Morgan fingerprint density at radius 2 is 1.92 bits per heavy atom. The van der Waals surface area contributed by atoms with Gasteiger partial charge in [-0.25, -0.2) is 9.78 Å². The van der Waals surface area contributed by atoms with E-state index in [0.29, 0.717) is 10.6 Å². The number of aliphatic carboxylic acids is 1. The number of aryl methyl sites for hydroxylation is 3. The van der Waals surface area contributed by atoms with Crippen LogP contribution in [0.2, 0.25) is 5.02 Å². The van der Waals surface area contributed by atoms with Crippen molar-refractivity contribution in [3.05, 3.63) is 63.4 Å². The Hall–Kier alpha value is -2.94. The van der Waals surface area contributed by atoms with Crippen molar-refractivity contribution >= 4 is 44.3 Å². The highest BCUT2D eigenvalue weighted by atomic mass is 35.5. The van der Waals surface area contributed by atoms with Crippen molar-refractivity contribution in [3.8, 4) is 11.1 Å². The monoisotopic (exact) mass is 538 g/mol. The Morgan fingerprint density at radius 3 is 2.57 bits per heavy atom. The summed E-state index contributed by atoms with van der Waals surface area (Å²) >= 11 is 7.80. The van der Waals surface area contributed by atoms with Gasteiger partial charge in [-0.05, 0) is 63.9 Å². The number of thiazole rings is 1. The molecular weight excluding hydrogens is 508 g/mol. The molecule has 2 aromatic carbocycles. The maximum absolute atomic E-state index is 12.5. The molecule has 194 valence electrons. The highest BCUT2D eigenvalue weighted by molar-refractivity contribution is 7.22. The summed E-state index contributed by atoms with van der Waals surface area (Å²) in [4.78, 5) is 19.9. The fourth-order valence-electron chi connectivity index (χ4n) is 5.10. The molecule has 3 heterocycles. The summed E-state index contributed by atoms with van der Waals surface area (Å²) in [5, 5.41) is 16.4. The van der Waals surface area contributed by atoms with Crippen molar-refractivity contribution in [2.45, 2.75) is 59.3 Å². The molecule has 0 bridgehead atoms. The molecule has 4 aromatic rings. The average Bonchev–Trinajstić information content (AvgIpc) is 3.37. The van der Waals surface area contributed by atoms with Crippen LogP contribution in [0, 0.1) is 13.8 Å². The maximum atomic E-state index is 12.5. The summed E-state index contributed by atoms with van der Waals surface area (Å²) in [5.74, 6) is -1.02. The second-order valence-electron chi connectivity index (χ2n) is 10.6. The standard InChI is InChI=1S/C28H31ClN4O3S/c1-15-13-20-25(37-27(30-20)33-12-11-21-19(14-33)16(2)31-32(21)6)23(17-7-9-18(29)10-8-17)22(15)24(26(34)35)36-28(3,4)5/h7-10,13,24H,11-12,14H2,1-6H3,(H,34,35)/t24-/m0/s1.